The molecule has 1 saturated heterocycles. The fourth-order valence-electron chi connectivity index (χ4n) is 1.90. The fourth-order valence-corrected chi connectivity index (χ4v) is 3.49. The minimum Gasteiger partial charge on any atom is -0.390 e. The Kier molecular flexibility index (Phi) is 6.18. The van der Waals surface area contributed by atoms with Gasteiger partial charge in [-0.2, -0.15) is 0 Å². The first kappa shape index (κ1) is 17.6. The third-order valence-electron chi connectivity index (χ3n) is 2.87. The van der Waals surface area contributed by atoms with Gasteiger partial charge < -0.3 is 10.4 Å². The molecule has 1 aromatic carbocycles. The van der Waals surface area contributed by atoms with E-state index in [0.717, 1.165) is 6.07 Å². The quantitative estimate of drug-likeness (QED) is 0.749. The van der Waals surface area contributed by atoms with Crippen molar-refractivity contribution in [2.45, 2.75) is 17.9 Å². The molecular weight excluding hydrogens is 330 g/mol. The Labute approximate surface area is 128 Å². The first-order valence-electron chi connectivity index (χ1n) is 5.70. The maximum absolute atomic E-state index is 13.5. The van der Waals surface area contributed by atoms with Crippen LogP contribution in [0.2, 0.25) is 5.02 Å². The molecule has 9 heteroatoms. The summed E-state index contributed by atoms with van der Waals surface area (Å²) in [6.45, 7) is 0.686. The SMILES string of the molecule is Cl.O=S(=O)(Cc1ccc(Cl)cc1F)N[C@@H]1CNC[C@H]1O. The summed E-state index contributed by atoms with van der Waals surface area (Å²) in [7, 11) is -3.72. The van der Waals surface area contributed by atoms with Crippen molar-refractivity contribution in [1.82, 2.24) is 10.0 Å². The monoisotopic (exact) mass is 344 g/mol. The Morgan fingerprint density at radius 2 is 2.15 bits per heavy atom. The predicted octanol–water partition coefficient (Wildman–Crippen LogP) is 0.653. The minimum atomic E-state index is -3.72. The number of aliphatic hydroxyl groups excluding tert-OH is 1. The summed E-state index contributed by atoms with van der Waals surface area (Å²) in [5.41, 5.74) is 0.0392. The van der Waals surface area contributed by atoms with E-state index in [0.29, 0.717) is 13.1 Å². The second-order valence-corrected chi connectivity index (χ2v) is 6.64. The molecule has 0 radical (unpaired) electrons. The molecule has 2 atom stereocenters. The van der Waals surface area contributed by atoms with E-state index in [2.05, 4.69) is 10.0 Å². The average Bonchev–Trinajstić information content (AvgIpc) is 2.68. The second kappa shape index (κ2) is 7.02. The van der Waals surface area contributed by atoms with E-state index >= 15 is 0 Å². The van der Waals surface area contributed by atoms with Crippen LogP contribution in [0.1, 0.15) is 5.56 Å². The molecule has 2 rings (SSSR count). The number of hydrogen-bond acceptors (Lipinski definition) is 4. The Hall–Kier alpha value is -0.440. The van der Waals surface area contributed by atoms with E-state index < -0.39 is 33.7 Å². The van der Waals surface area contributed by atoms with Crippen LogP contribution in [-0.4, -0.2) is 38.8 Å². The maximum Gasteiger partial charge on any atom is 0.216 e. The highest BCUT2D eigenvalue weighted by atomic mass is 35.5. The highest BCUT2D eigenvalue weighted by Gasteiger charge is 2.29. The van der Waals surface area contributed by atoms with Crippen molar-refractivity contribution >= 4 is 34.0 Å². The summed E-state index contributed by atoms with van der Waals surface area (Å²) in [5.74, 6) is -1.15. The molecule has 20 heavy (non-hydrogen) atoms. The second-order valence-electron chi connectivity index (χ2n) is 4.44. The molecule has 0 unspecified atom stereocenters. The molecule has 1 heterocycles. The Morgan fingerprint density at radius 1 is 1.45 bits per heavy atom. The van der Waals surface area contributed by atoms with Crippen molar-refractivity contribution in [3.63, 3.8) is 0 Å². The smallest absolute Gasteiger partial charge is 0.216 e. The summed E-state index contributed by atoms with van der Waals surface area (Å²) >= 11 is 5.60. The van der Waals surface area contributed by atoms with Crippen LogP contribution in [0.3, 0.4) is 0 Å². The number of benzene rings is 1. The van der Waals surface area contributed by atoms with Crippen LogP contribution in [0.25, 0.3) is 0 Å². The van der Waals surface area contributed by atoms with Gasteiger partial charge in [-0.15, -0.1) is 12.4 Å². The lowest BCUT2D eigenvalue weighted by Gasteiger charge is -2.15. The van der Waals surface area contributed by atoms with Gasteiger partial charge in [0, 0.05) is 23.7 Å². The topological polar surface area (TPSA) is 78.4 Å². The summed E-state index contributed by atoms with van der Waals surface area (Å²) < 4.78 is 39.7. The van der Waals surface area contributed by atoms with Crippen LogP contribution in [0.4, 0.5) is 4.39 Å². The van der Waals surface area contributed by atoms with E-state index in [1.807, 2.05) is 0 Å². The molecule has 5 nitrogen and oxygen atoms in total. The molecule has 0 amide bonds. The molecule has 0 bridgehead atoms. The highest BCUT2D eigenvalue weighted by molar-refractivity contribution is 7.88. The highest BCUT2D eigenvalue weighted by Crippen LogP contribution is 2.17. The van der Waals surface area contributed by atoms with Gasteiger partial charge in [0.2, 0.25) is 10.0 Å². The maximum atomic E-state index is 13.5. The number of β-amino-alcohol motifs (C(OH)–C–C–N with tert-alkyl or cyclic N) is 1. The van der Waals surface area contributed by atoms with Crippen molar-refractivity contribution in [3.8, 4) is 0 Å². The summed E-state index contributed by atoms with van der Waals surface area (Å²) in [6, 6.07) is 3.25. The molecule has 0 saturated carbocycles. The Bertz CT molecular complexity index is 571. The van der Waals surface area contributed by atoms with E-state index in [1.165, 1.54) is 12.1 Å². The summed E-state index contributed by atoms with van der Waals surface area (Å²) in [5, 5.41) is 12.6. The fraction of sp³-hybridized carbons (Fsp3) is 0.455. The van der Waals surface area contributed by atoms with Gasteiger partial charge in [0.05, 0.1) is 17.9 Å². The number of nitrogens with one attached hydrogen (secondary N) is 2. The standard InChI is InChI=1S/C11H14ClFN2O3S.ClH/c12-8-2-1-7(9(13)3-8)6-19(17,18)15-10-4-14-5-11(10)16;/h1-3,10-11,14-16H,4-6H2;1H/t10-,11-;/m1./s1. The van der Waals surface area contributed by atoms with Crippen molar-refractivity contribution < 1.29 is 17.9 Å². The van der Waals surface area contributed by atoms with Crippen LogP contribution in [-0.2, 0) is 15.8 Å². The van der Waals surface area contributed by atoms with Crippen molar-refractivity contribution in [1.29, 1.82) is 0 Å². The Morgan fingerprint density at radius 3 is 2.70 bits per heavy atom. The minimum absolute atomic E-state index is 0. The third kappa shape index (κ3) is 4.54. The number of sulfonamides is 1. The van der Waals surface area contributed by atoms with Crippen LogP contribution >= 0.6 is 24.0 Å². The third-order valence-corrected chi connectivity index (χ3v) is 4.46. The first-order valence-corrected chi connectivity index (χ1v) is 7.73. The lowest BCUT2D eigenvalue weighted by Crippen LogP contribution is -2.43. The Balaban J connectivity index is 0.00000200. The molecule has 0 aliphatic carbocycles. The molecule has 0 spiro atoms. The largest absolute Gasteiger partial charge is 0.390 e. The number of rotatable bonds is 4. The number of aliphatic hydroxyl groups is 1. The van der Waals surface area contributed by atoms with Crippen LogP contribution in [0.5, 0.6) is 0 Å². The van der Waals surface area contributed by atoms with Gasteiger partial charge in [0.15, 0.2) is 0 Å². The molecule has 1 aliphatic rings. The molecule has 0 aromatic heterocycles. The zero-order valence-electron chi connectivity index (χ0n) is 10.3. The van der Waals surface area contributed by atoms with Crippen molar-refractivity contribution in [2.75, 3.05) is 13.1 Å². The average molecular weight is 345 g/mol. The molecule has 1 aromatic rings. The summed E-state index contributed by atoms with van der Waals surface area (Å²) in [6.07, 6.45) is -0.773. The van der Waals surface area contributed by atoms with Crippen LogP contribution < -0.4 is 10.0 Å². The lowest BCUT2D eigenvalue weighted by atomic mass is 10.2. The molecule has 114 valence electrons. The number of hydrogen-bond donors (Lipinski definition) is 3. The zero-order valence-corrected chi connectivity index (χ0v) is 12.7. The summed E-state index contributed by atoms with van der Waals surface area (Å²) in [4.78, 5) is 0. The molecule has 3 N–H and O–H groups in total. The van der Waals surface area contributed by atoms with E-state index in [-0.39, 0.29) is 23.0 Å². The van der Waals surface area contributed by atoms with E-state index in [1.54, 1.807) is 0 Å². The van der Waals surface area contributed by atoms with Gasteiger partial charge in [0.25, 0.3) is 0 Å². The molecule has 1 fully saturated rings. The first-order chi connectivity index (χ1) is 8.87. The van der Waals surface area contributed by atoms with Gasteiger partial charge >= 0.3 is 0 Å². The van der Waals surface area contributed by atoms with E-state index in [4.69, 9.17) is 11.6 Å². The van der Waals surface area contributed by atoms with Crippen LogP contribution in [0, 0.1) is 5.82 Å². The normalized spacial score (nSPS) is 22.6. The predicted molar refractivity (Wildman–Crippen MR) is 77.1 cm³/mol. The van der Waals surface area contributed by atoms with Gasteiger partial charge in [-0.05, 0) is 12.1 Å². The van der Waals surface area contributed by atoms with E-state index in [9.17, 15) is 17.9 Å². The lowest BCUT2D eigenvalue weighted by molar-refractivity contribution is 0.172. The van der Waals surface area contributed by atoms with Gasteiger partial charge in [0.1, 0.15) is 5.82 Å². The van der Waals surface area contributed by atoms with Crippen molar-refractivity contribution in [3.05, 3.63) is 34.6 Å². The van der Waals surface area contributed by atoms with Gasteiger partial charge in [-0.3, -0.25) is 0 Å². The van der Waals surface area contributed by atoms with Gasteiger partial charge in [-0.25, -0.2) is 17.5 Å². The zero-order chi connectivity index (χ0) is 14.0. The van der Waals surface area contributed by atoms with Crippen molar-refractivity contribution in [2.24, 2.45) is 0 Å². The van der Waals surface area contributed by atoms with Crippen LogP contribution in [0.15, 0.2) is 18.2 Å². The molecular formula is C11H15Cl2FN2O3S. The number of halogens is 3. The molecule has 1 aliphatic heterocycles. The van der Waals surface area contributed by atoms with Gasteiger partial charge in [-0.1, -0.05) is 17.7 Å².